The number of carbonyl (C=O) groups is 1. The van der Waals surface area contributed by atoms with E-state index in [9.17, 15) is 4.79 Å². The molecule has 0 N–H and O–H groups in total. The van der Waals surface area contributed by atoms with Crippen molar-refractivity contribution in [3.63, 3.8) is 0 Å². The van der Waals surface area contributed by atoms with Crippen molar-refractivity contribution in [2.75, 3.05) is 21.1 Å². The summed E-state index contributed by atoms with van der Waals surface area (Å²) < 4.78 is 0.903. The smallest absolute Gasteiger partial charge is 0.150 e. The molecular weight excluding hydrogens is 186 g/mol. The fourth-order valence-corrected chi connectivity index (χ4v) is 1.25. The topological polar surface area (TPSA) is 17.1 Å². The predicted octanol–water partition coefficient (Wildman–Crippen LogP) is 2.73. The summed E-state index contributed by atoms with van der Waals surface area (Å²) in [5, 5.41) is 0. The van der Waals surface area contributed by atoms with E-state index < -0.39 is 0 Å². The number of benzene rings is 1. The van der Waals surface area contributed by atoms with Crippen LogP contribution >= 0.6 is 0 Å². The van der Waals surface area contributed by atoms with Gasteiger partial charge in [-0.25, -0.2) is 0 Å². The van der Waals surface area contributed by atoms with Crippen LogP contribution in [-0.2, 0) is 6.54 Å². The summed E-state index contributed by atoms with van der Waals surface area (Å²) in [6.07, 6.45) is 0.871. The molecule has 1 aromatic rings. The van der Waals surface area contributed by atoms with Gasteiger partial charge in [-0.2, -0.15) is 0 Å². The number of carbonyl (C=O) groups excluding carboxylic acids is 1. The minimum Gasteiger partial charge on any atom is -0.327 e. The SMILES string of the molecule is CC.C[N+](C)(C)Cc1ccc(C=O)cc1. The first-order valence-corrected chi connectivity index (χ1v) is 5.36. The van der Waals surface area contributed by atoms with Crippen LogP contribution in [0.3, 0.4) is 0 Å². The summed E-state index contributed by atoms with van der Waals surface area (Å²) in [6.45, 7) is 4.99. The molecule has 0 heterocycles. The first-order valence-electron chi connectivity index (χ1n) is 5.36. The fourth-order valence-electron chi connectivity index (χ4n) is 1.25. The van der Waals surface area contributed by atoms with Gasteiger partial charge in [0, 0.05) is 11.1 Å². The Kier molecular flexibility index (Phi) is 5.87. The van der Waals surface area contributed by atoms with Gasteiger partial charge in [-0.15, -0.1) is 0 Å². The number of nitrogens with zero attached hydrogens (tertiary/aromatic N) is 1. The van der Waals surface area contributed by atoms with E-state index in [0.717, 1.165) is 22.9 Å². The molecule has 0 aliphatic carbocycles. The molecule has 0 bridgehead atoms. The zero-order chi connectivity index (χ0) is 11.9. The lowest BCUT2D eigenvalue weighted by Gasteiger charge is -2.23. The summed E-state index contributed by atoms with van der Waals surface area (Å²) in [5.74, 6) is 0. The minimum atomic E-state index is 0.741. The van der Waals surface area contributed by atoms with Crippen LogP contribution in [0, 0.1) is 0 Å². The molecular formula is C13H22NO+. The molecule has 0 fully saturated rings. The van der Waals surface area contributed by atoms with E-state index in [1.807, 2.05) is 38.1 Å². The van der Waals surface area contributed by atoms with E-state index in [-0.39, 0.29) is 0 Å². The average molecular weight is 208 g/mol. The third-order valence-corrected chi connectivity index (χ3v) is 1.77. The number of hydrogen-bond donors (Lipinski definition) is 0. The van der Waals surface area contributed by atoms with E-state index in [2.05, 4.69) is 21.1 Å². The van der Waals surface area contributed by atoms with Crippen molar-refractivity contribution in [1.82, 2.24) is 0 Å². The maximum absolute atomic E-state index is 10.4. The standard InChI is InChI=1S/C11H16NO.C2H6/c1-12(2,3)8-10-4-6-11(9-13)7-5-10;1-2/h4-7,9H,8H2,1-3H3;1-2H3/q+1;. The first-order chi connectivity index (χ1) is 7.01. The second kappa shape index (κ2) is 6.36. The zero-order valence-electron chi connectivity index (χ0n) is 10.4. The van der Waals surface area contributed by atoms with Crippen LogP contribution in [0.15, 0.2) is 24.3 Å². The third-order valence-electron chi connectivity index (χ3n) is 1.77. The van der Waals surface area contributed by atoms with Gasteiger partial charge in [0.25, 0.3) is 0 Å². The molecule has 15 heavy (non-hydrogen) atoms. The van der Waals surface area contributed by atoms with E-state index >= 15 is 0 Å². The van der Waals surface area contributed by atoms with E-state index in [4.69, 9.17) is 0 Å². The monoisotopic (exact) mass is 208 g/mol. The maximum Gasteiger partial charge on any atom is 0.150 e. The highest BCUT2D eigenvalue weighted by Gasteiger charge is 2.07. The number of rotatable bonds is 3. The van der Waals surface area contributed by atoms with Crippen LogP contribution in [-0.4, -0.2) is 31.9 Å². The Morgan fingerprint density at radius 1 is 1.07 bits per heavy atom. The summed E-state index contributed by atoms with van der Waals surface area (Å²) in [6, 6.07) is 7.73. The van der Waals surface area contributed by atoms with Gasteiger partial charge >= 0.3 is 0 Å². The van der Waals surface area contributed by atoms with E-state index in [1.54, 1.807) is 0 Å². The Labute approximate surface area is 93.1 Å². The second-order valence-electron chi connectivity index (χ2n) is 4.31. The van der Waals surface area contributed by atoms with Crippen LogP contribution in [0.2, 0.25) is 0 Å². The lowest BCUT2D eigenvalue weighted by Crippen LogP contribution is -2.33. The van der Waals surface area contributed by atoms with Gasteiger partial charge in [0.15, 0.2) is 0 Å². The molecule has 2 heteroatoms. The van der Waals surface area contributed by atoms with Crippen molar-refractivity contribution in [2.45, 2.75) is 20.4 Å². The third kappa shape index (κ3) is 6.02. The summed E-state index contributed by atoms with van der Waals surface area (Å²) in [5.41, 5.74) is 2.00. The van der Waals surface area contributed by atoms with Crippen LogP contribution in [0.1, 0.15) is 29.8 Å². The quantitative estimate of drug-likeness (QED) is 0.551. The molecule has 0 saturated heterocycles. The van der Waals surface area contributed by atoms with E-state index in [1.165, 1.54) is 5.56 Å². The maximum atomic E-state index is 10.4. The molecule has 84 valence electrons. The van der Waals surface area contributed by atoms with Crippen molar-refractivity contribution in [3.05, 3.63) is 35.4 Å². The fraction of sp³-hybridized carbons (Fsp3) is 0.462. The number of aldehydes is 1. The highest BCUT2D eigenvalue weighted by Crippen LogP contribution is 2.07. The van der Waals surface area contributed by atoms with Gasteiger partial charge < -0.3 is 4.48 Å². The van der Waals surface area contributed by atoms with Crippen LogP contribution in [0.25, 0.3) is 0 Å². The average Bonchev–Trinajstić information content (AvgIpc) is 2.20. The summed E-state index contributed by atoms with van der Waals surface area (Å²) in [4.78, 5) is 10.4. The zero-order valence-corrected chi connectivity index (χ0v) is 10.4. The van der Waals surface area contributed by atoms with Crippen molar-refractivity contribution >= 4 is 6.29 Å². The Morgan fingerprint density at radius 2 is 1.53 bits per heavy atom. The van der Waals surface area contributed by atoms with Gasteiger partial charge in [0.1, 0.15) is 12.8 Å². The van der Waals surface area contributed by atoms with Crippen LogP contribution in [0.4, 0.5) is 0 Å². The Morgan fingerprint density at radius 3 is 1.87 bits per heavy atom. The summed E-state index contributed by atoms with van der Waals surface area (Å²) in [7, 11) is 6.44. The molecule has 0 spiro atoms. The van der Waals surface area contributed by atoms with Gasteiger partial charge in [-0.05, 0) is 0 Å². The molecule has 0 unspecified atom stereocenters. The van der Waals surface area contributed by atoms with Gasteiger partial charge in [0.2, 0.25) is 0 Å². The largest absolute Gasteiger partial charge is 0.327 e. The Balaban J connectivity index is 0.000000921. The van der Waals surface area contributed by atoms with Crippen molar-refractivity contribution in [1.29, 1.82) is 0 Å². The van der Waals surface area contributed by atoms with Crippen LogP contribution < -0.4 is 0 Å². The van der Waals surface area contributed by atoms with Gasteiger partial charge in [-0.1, -0.05) is 38.1 Å². The molecule has 0 aliphatic rings. The predicted molar refractivity (Wildman–Crippen MR) is 64.9 cm³/mol. The number of quaternary nitrogens is 1. The Hall–Kier alpha value is -1.15. The molecule has 0 saturated carbocycles. The Bertz CT molecular complexity index is 282. The lowest BCUT2D eigenvalue weighted by molar-refractivity contribution is -0.884. The lowest BCUT2D eigenvalue weighted by atomic mass is 10.1. The molecule has 1 aromatic carbocycles. The number of hydrogen-bond acceptors (Lipinski definition) is 1. The minimum absolute atomic E-state index is 0.741. The molecule has 0 aliphatic heterocycles. The van der Waals surface area contributed by atoms with Gasteiger partial charge in [0.05, 0.1) is 21.1 Å². The highest BCUT2D eigenvalue weighted by atomic mass is 16.1. The molecule has 0 atom stereocenters. The van der Waals surface area contributed by atoms with Crippen molar-refractivity contribution in [2.24, 2.45) is 0 Å². The summed E-state index contributed by atoms with van der Waals surface area (Å²) >= 11 is 0. The van der Waals surface area contributed by atoms with Crippen molar-refractivity contribution < 1.29 is 9.28 Å². The van der Waals surface area contributed by atoms with Gasteiger partial charge in [-0.3, -0.25) is 4.79 Å². The normalized spacial score (nSPS) is 10.2. The molecule has 0 radical (unpaired) electrons. The molecule has 2 nitrogen and oxygen atoms in total. The van der Waals surface area contributed by atoms with E-state index in [0.29, 0.717) is 0 Å². The molecule has 0 amide bonds. The molecule has 0 aromatic heterocycles. The highest BCUT2D eigenvalue weighted by molar-refractivity contribution is 5.74. The van der Waals surface area contributed by atoms with Crippen molar-refractivity contribution in [3.8, 4) is 0 Å². The molecule has 1 rings (SSSR count). The first kappa shape index (κ1) is 13.8. The van der Waals surface area contributed by atoms with Crippen LogP contribution in [0.5, 0.6) is 0 Å². The second-order valence-corrected chi connectivity index (χ2v) is 4.31.